The number of anilines is 1. The third-order valence-electron chi connectivity index (χ3n) is 3.71. The molecule has 1 heterocycles. The highest BCUT2D eigenvalue weighted by molar-refractivity contribution is 9.10. The van der Waals surface area contributed by atoms with E-state index in [0.717, 1.165) is 15.9 Å². The van der Waals surface area contributed by atoms with E-state index < -0.39 is 0 Å². The molecule has 2 aromatic carbocycles. The summed E-state index contributed by atoms with van der Waals surface area (Å²) in [6.07, 6.45) is 0. The number of benzene rings is 2. The highest BCUT2D eigenvalue weighted by atomic mass is 79.9. The number of hydrogen-bond donors (Lipinski definition) is 0. The minimum Gasteiger partial charge on any atom is -0.489 e. The smallest absolute Gasteiger partial charge is 0.142 e. The Morgan fingerprint density at radius 3 is 2.79 bits per heavy atom. The Kier molecular flexibility index (Phi) is 3.23. The lowest BCUT2D eigenvalue weighted by molar-refractivity contribution is 0.268. The van der Waals surface area contributed by atoms with E-state index in [1.54, 1.807) is 0 Å². The predicted octanol–water partition coefficient (Wildman–Crippen LogP) is 4.33. The van der Waals surface area contributed by atoms with Crippen LogP contribution in [0.2, 0.25) is 0 Å². The molecule has 3 rings (SSSR count). The Bertz CT molecular complexity index is 611. The molecule has 0 saturated heterocycles. The van der Waals surface area contributed by atoms with Gasteiger partial charge in [0.05, 0.1) is 11.7 Å². The molecule has 0 saturated carbocycles. The topological polar surface area (TPSA) is 12.5 Å². The molecule has 2 nitrogen and oxygen atoms in total. The van der Waals surface area contributed by atoms with Crippen LogP contribution >= 0.6 is 15.9 Å². The van der Waals surface area contributed by atoms with Crippen molar-refractivity contribution < 1.29 is 4.74 Å². The Labute approximate surface area is 122 Å². The summed E-state index contributed by atoms with van der Waals surface area (Å²) >= 11 is 3.53. The number of aryl methyl sites for hydroxylation is 1. The maximum atomic E-state index is 5.91. The maximum Gasteiger partial charge on any atom is 0.142 e. The normalized spacial score (nSPS) is 17.8. The van der Waals surface area contributed by atoms with E-state index in [1.807, 2.05) is 12.1 Å². The summed E-state index contributed by atoms with van der Waals surface area (Å²) in [5.74, 6) is 0.954. The number of halogens is 1. The van der Waals surface area contributed by atoms with Gasteiger partial charge in [-0.2, -0.15) is 0 Å². The van der Waals surface area contributed by atoms with Crippen molar-refractivity contribution in [1.29, 1.82) is 0 Å². The van der Waals surface area contributed by atoms with Gasteiger partial charge in [0, 0.05) is 11.5 Å². The van der Waals surface area contributed by atoms with Gasteiger partial charge < -0.3 is 9.64 Å². The van der Waals surface area contributed by atoms with E-state index in [0.29, 0.717) is 6.61 Å². The molecule has 1 aliphatic rings. The van der Waals surface area contributed by atoms with Crippen LogP contribution in [0, 0.1) is 6.92 Å². The largest absolute Gasteiger partial charge is 0.489 e. The van der Waals surface area contributed by atoms with Gasteiger partial charge in [0.15, 0.2) is 0 Å². The lowest BCUT2D eigenvalue weighted by Crippen LogP contribution is -2.33. The second-order valence-electron chi connectivity index (χ2n) is 4.91. The fraction of sp³-hybridized carbons (Fsp3) is 0.250. The van der Waals surface area contributed by atoms with Crippen LogP contribution in [-0.4, -0.2) is 13.7 Å². The van der Waals surface area contributed by atoms with Crippen molar-refractivity contribution in [2.45, 2.75) is 13.0 Å². The van der Waals surface area contributed by atoms with Gasteiger partial charge in [-0.05, 0) is 36.2 Å². The van der Waals surface area contributed by atoms with Crippen molar-refractivity contribution in [3.63, 3.8) is 0 Å². The van der Waals surface area contributed by atoms with Crippen molar-refractivity contribution in [2.24, 2.45) is 0 Å². The summed E-state index contributed by atoms with van der Waals surface area (Å²) < 4.78 is 6.98. The molecule has 0 aliphatic carbocycles. The zero-order valence-corrected chi connectivity index (χ0v) is 12.6. The quantitative estimate of drug-likeness (QED) is 0.776. The molecule has 0 fully saturated rings. The Hall–Kier alpha value is -1.48. The average Bonchev–Trinajstić information content (AvgIpc) is 2.41. The van der Waals surface area contributed by atoms with E-state index in [2.05, 4.69) is 65.1 Å². The molecule has 2 aromatic rings. The summed E-state index contributed by atoms with van der Waals surface area (Å²) in [6.45, 7) is 2.84. The lowest BCUT2D eigenvalue weighted by Gasteiger charge is -2.36. The fourth-order valence-electron chi connectivity index (χ4n) is 2.60. The molecule has 1 aliphatic heterocycles. The van der Waals surface area contributed by atoms with Crippen LogP contribution in [0.5, 0.6) is 5.75 Å². The predicted molar refractivity (Wildman–Crippen MR) is 82.0 cm³/mol. The van der Waals surface area contributed by atoms with Crippen LogP contribution in [0.1, 0.15) is 17.2 Å². The molecule has 1 atom stereocenters. The zero-order valence-electron chi connectivity index (χ0n) is 11.1. The Morgan fingerprint density at radius 1 is 1.21 bits per heavy atom. The molecule has 19 heavy (non-hydrogen) atoms. The fourth-order valence-corrected chi connectivity index (χ4v) is 2.94. The van der Waals surface area contributed by atoms with Gasteiger partial charge in [-0.1, -0.05) is 40.2 Å². The first-order valence-electron chi connectivity index (χ1n) is 6.37. The standard InChI is InChI=1S/C16H16BrNO/c1-11-5-3-4-6-13(11)15-10-19-16-8-7-12(17)9-14(16)18(15)2/h3-9,15H,10H2,1-2H3. The monoisotopic (exact) mass is 317 g/mol. The van der Waals surface area contributed by atoms with Crippen LogP contribution in [0.3, 0.4) is 0 Å². The molecule has 0 amide bonds. The number of nitrogens with zero attached hydrogens (tertiary/aromatic N) is 1. The highest BCUT2D eigenvalue weighted by Gasteiger charge is 2.26. The summed E-state index contributed by atoms with van der Waals surface area (Å²) in [7, 11) is 2.13. The molecular weight excluding hydrogens is 302 g/mol. The first-order valence-corrected chi connectivity index (χ1v) is 7.17. The minimum atomic E-state index is 0.267. The van der Waals surface area contributed by atoms with Crippen LogP contribution < -0.4 is 9.64 Å². The van der Waals surface area contributed by atoms with Gasteiger partial charge >= 0.3 is 0 Å². The number of rotatable bonds is 1. The number of fused-ring (bicyclic) bond motifs is 1. The molecule has 1 unspecified atom stereocenters. The minimum absolute atomic E-state index is 0.267. The molecule has 0 spiro atoms. The second kappa shape index (κ2) is 4.89. The third-order valence-corrected chi connectivity index (χ3v) is 4.21. The van der Waals surface area contributed by atoms with Crippen molar-refractivity contribution in [3.8, 4) is 5.75 Å². The Morgan fingerprint density at radius 2 is 2.00 bits per heavy atom. The molecule has 0 radical (unpaired) electrons. The molecule has 0 N–H and O–H groups in total. The number of hydrogen-bond acceptors (Lipinski definition) is 2. The molecule has 0 aromatic heterocycles. The lowest BCUT2D eigenvalue weighted by atomic mass is 9.99. The van der Waals surface area contributed by atoms with E-state index in [9.17, 15) is 0 Å². The second-order valence-corrected chi connectivity index (χ2v) is 5.82. The van der Waals surface area contributed by atoms with Crippen LogP contribution in [0.15, 0.2) is 46.9 Å². The zero-order chi connectivity index (χ0) is 13.4. The molecular formula is C16H16BrNO. The van der Waals surface area contributed by atoms with Crippen molar-refractivity contribution in [1.82, 2.24) is 0 Å². The van der Waals surface area contributed by atoms with E-state index in [4.69, 9.17) is 4.74 Å². The molecule has 3 heteroatoms. The maximum absolute atomic E-state index is 5.91. The van der Waals surface area contributed by atoms with Gasteiger partial charge in [0.1, 0.15) is 12.4 Å². The highest BCUT2D eigenvalue weighted by Crippen LogP contribution is 2.40. The SMILES string of the molecule is Cc1ccccc1C1COc2ccc(Br)cc2N1C. The van der Waals surface area contributed by atoms with Crippen molar-refractivity contribution in [3.05, 3.63) is 58.1 Å². The number of ether oxygens (including phenoxy) is 1. The van der Waals surface area contributed by atoms with Crippen molar-refractivity contribution in [2.75, 3.05) is 18.6 Å². The third kappa shape index (κ3) is 2.23. The number of likely N-dealkylation sites (N-methyl/N-ethyl adjacent to an activating group) is 1. The van der Waals surface area contributed by atoms with Gasteiger partial charge in [0.2, 0.25) is 0 Å². The summed E-state index contributed by atoms with van der Waals surface area (Å²) in [5, 5.41) is 0. The van der Waals surface area contributed by atoms with Gasteiger partial charge in [-0.15, -0.1) is 0 Å². The van der Waals surface area contributed by atoms with Crippen LogP contribution in [-0.2, 0) is 0 Å². The van der Waals surface area contributed by atoms with Crippen molar-refractivity contribution >= 4 is 21.6 Å². The van der Waals surface area contributed by atoms with E-state index in [-0.39, 0.29) is 6.04 Å². The van der Waals surface area contributed by atoms with E-state index in [1.165, 1.54) is 11.1 Å². The van der Waals surface area contributed by atoms with Gasteiger partial charge in [-0.3, -0.25) is 0 Å². The average molecular weight is 318 g/mol. The molecule has 98 valence electrons. The van der Waals surface area contributed by atoms with Gasteiger partial charge in [-0.25, -0.2) is 0 Å². The first-order chi connectivity index (χ1) is 9.16. The van der Waals surface area contributed by atoms with Crippen LogP contribution in [0.25, 0.3) is 0 Å². The summed E-state index contributed by atoms with van der Waals surface area (Å²) in [4.78, 5) is 2.30. The van der Waals surface area contributed by atoms with Gasteiger partial charge in [0.25, 0.3) is 0 Å². The van der Waals surface area contributed by atoms with E-state index >= 15 is 0 Å². The Balaban J connectivity index is 2.02. The summed E-state index contributed by atoms with van der Waals surface area (Å²) in [5.41, 5.74) is 3.77. The first kappa shape index (κ1) is 12.5. The molecule has 0 bridgehead atoms. The summed E-state index contributed by atoms with van der Waals surface area (Å²) in [6, 6.07) is 14.9. The van der Waals surface area contributed by atoms with Crippen LogP contribution in [0.4, 0.5) is 5.69 Å².